The van der Waals surface area contributed by atoms with Crippen molar-refractivity contribution in [3.63, 3.8) is 0 Å². The molecule has 1 atom stereocenters. The summed E-state index contributed by atoms with van der Waals surface area (Å²) in [4.78, 5) is 38.0. The lowest BCUT2D eigenvalue weighted by Crippen LogP contribution is -2.30. The molecule has 0 aliphatic heterocycles. The van der Waals surface area contributed by atoms with Crippen molar-refractivity contribution >= 4 is 17.9 Å². The fourth-order valence-corrected chi connectivity index (χ4v) is 7.15. The van der Waals surface area contributed by atoms with Crippen molar-refractivity contribution in [2.75, 3.05) is 13.2 Å². The van der Waals surface area contributed by atoms with Crippen LogP contribution in [-0.2, 0) is 28.6 Å². The maximum atomic E-state index is 12.8. The molecule has 1 unspecified atom stereocenters. The first-order valence-corrected chi connectivity index (χ1v) is 27.5. The third kappa shape index (κ3) is 52.8. The Hall–Kier alpha value is -4.19. The third-order valence-corrected chi connectivity index (χ3v) is 11.2. The zero-order chi connectivity index (χ0) is 49.3. The third-order valence-electron chi connectivity index (χ3n) is 11.2. The fraction of sp³-hybridized carbons (Fsp3) is 0.629. The van der Waals surface area contributed by atoms with Crippen molar-refractivity contribution in [1.29, 1.82) is 0 Å². The van der Waals surface area contributed by atoms with Gasteiger partial charge in [0.1, 0.15) is 13.2 Å². The van der Waals surface area contributed by atoms with Gasteiger partial charge in [-0.2, -0.15) is 0 Å². The zero-order valence-electron chi connectivity index (χ0n) is 43.8. The van der Waals surface area contributed by atoms with Crippen LogP contribution >= 0.6 is 0 Å². The molecule has 0 saturated carbocycles. The number of ether oxygens (including phenoxy) is 3. The molecule has 0 bridgehead atoms. The molecule has 0 aromatic rings. The molecular formula is C62H100O6. The van der Waals surface area contributed by atoms with E-state index in [0.29, 0.717) is 19.3 Å². The van der Waals surface area contributed by atoms with Crippen molar-refractivity contribution in [2.24, 2.45) is 0 Å². The molecule has 0 N–H and O–H groups in total. The molecule has 0 spiro atoms. The minimum atomic E-state index is -0.808. The number of rotatable bonds is 48. The number of hydrogen-bond donors (Lipinski definition) is 0. The first-order chi connectivity index (χ1) is 33.5. The van der Waals surface area contributed by atoms with Crippen molar-refractivity contribution in [3.8, 4) is 0 Å². The van der Waals surface area contributed by atoms with Crippen LogP contribution < -0.4 is 0 Å². The average Bonchev–Trinajstić information content (AvgIpc) is 3.34. The van der Waals surface area contributed by atoms with E-state index in [2.05, 4.69) is 142 Å². The summed E-state index contributed by atoms with van der Waals surface area (Å²) in [6, 6.07) is 0. The second-order valence-electron chi connectivity index (χ2n) is 17.7. The van der Waals surface area contributed by atoms with Crippen LogP contribution in [0.4, 0.5) is 0 Å². The van der Waals surface area contributed by atoms with Crippen LogP contribution in [0, 0.1) is 0 Å². The van der Waals surface area contributed by atoms with E-state index in [4.69, 9.17) is 14.2 Å². The summed E-state index contributed by atoms with van der Waals surface area (Å²) >= 11 is 0. The van der Waals surface area contributed by atoms with Crippen molar-refractivity contribution in [1.82, 2.24) is 0 Å². The van der Waals surface area contributed by atoms with E-state index in [9.17, 15) is 14.4 Å². The fourth-order valence-electron chi connectivity index (χ4n) is 7.15. The van der Waals surface area contributed by atoms with Crippen molar-refractivity contribution in [2.45, 2.75) is 239 Å². The van der Waals surface area contributed by atoms with Gasteiger partial charge in [0.05, 0.1) is 0 Å². The summed E-state index contributed by atoms with van der Waals surface area (Å²) in [5.74, 6) is -0.979. The van der Waals surface area contributed by atoms with Crippen LogP contribution in [0.2, 0.25) is 0 Å². The molecule has 0 radical (unpaired) electrons. The Labute approximate surface area is 418 Å². The highest BCUT2D eigenvalue weighted by molar-refractivity contribution is 5.71. The van der Waals surface area contributed by atoms with Gasteiger partial charge in [-0.05, 0) is 103 Å². The van der Waals surface area contributed by atoms with Crippen LogP contribution in [0.15, 0.2) is 122 Å². The van der Waals surface area contributed by atoms with E-state index in [0.717, 1.165) is 116 Å². The van der Waals surface area contributed by atoms with Gasteiger partial charge >= 0.3 is 17.9 Å². The van der Waals surface area contributed by atoms with E-state index in [-0.39, 0.29) is 37.5 Å². The molecule has 0 saturated heterocycles. The van der Waals surface area contributed by atoms with E-state index < -0.39 is 6.10 Å². The summed E-state index contributed by atoms with van der Waals surface area (Å²) in [6.07, 6.45) is 76.2. The monoisotopic (exact) mass is 941 g/mol. The lowest BCUT2D eigenvalue weighted by atomic mass is 10.1. The Morgan fingerprint density at radius 1 is 0.309 bits per heavy atom. The van der Waals surface area contributed by atoms with Crippen LogP contribution in [0.1, 0.15) is 233 Å². The number of carbonyl (C=O) groups excluding carboxylic acids is 3. The first kappa shape index (κ1) is 63.8. The number of unbranched alkanes of at least 4 members (excludes halogenated alkanes) is 17. The number of allylic oxidation sites excluding steroid dienone is 20. The summed E-state index contributed by atoms with van der Waals surface area (Å²) in [7, 11) is 0. The Bertz CT molecular complexity index is 1450. The van der Waals surface area contributed by atoms with Gasteiger partial charge in [0.2, 0.25) is 0 Å². The van der Waals surface area contributed by atoms with Crippen LogP contribution in [-0.4, -0.2) is 37.2 Å². The number of carbonyl (C=O) groups is 3. The predicted molar refractivity (Wildman–Crippen MR) is 293 cm³/mol. The molecule has 6 nitrogen and oxygen atoms in total. The Morgan fingerprint density at radius 3 is 0.956 bits per heavy atom. The lowest BCUT2D eigenvalue weighted by molar-refractivity contribution is -0.167. The van der Waals surface area contributed by atoms with Gasteiger partial charge in [0, 0.05) is 19.3 Å². The van der Waals surface area contributed by atoms with Gasteiger partial charge < -0.3 is 14.2 Å². The quantitative estimate of drug-likeness (QED) is 0.0262. The topological polar surface area (TPSA) is 78.9 Å². The standard InChI is InChI=1S/C62H100O6/c1-4-7-10-13-16-19-22-24-26-28-29-30-31-32-33-35-36-38-40-43-46-49-52-55-61(64)67-58-59(57-66-60(63)54-51-48-45-42-21-18-15-12-9-6-3)68-62(65)56-53-50-47-44-41-39-37-34-27-25-23-20-17-14-11-8-5-2/h7-8,10-11,16-17,19-20,24-27,29-30,32-33,36,38,43,46,59H,4-6,9,12-15,18,21-23,28,31,34-35,37,39-42,44-45,47-58H2,1-3H3/b10-7-,11-8-,19-16-,20-17-,26-24-,27-25-,30-29-,33-32-,38-36-,46-43-. The molecule has 0 aromatic carbocycles. The molecule has 0 aliphatic rings. The van der Waals surface area contributed by atoms with Gasteiger partial charge in [-0.1, -0.05) is 232 Å². The van der Waals surface area contributed by atoms with Gasteiger partial charge in [-0.15, -0.1) is 0 Å². The van der Waals surface area contributed by atoms with Gasteiger partial charge in [-0.3, -0.25) is 14.4 Å². The number of hydrogen-bond acceptors (Lipinski definition) is 6. The highest BCUT2D eigenvalue weighted by atomic mass is 16.6. The molecule has 0 aromatic heterocycles. The molecule has 0 aliphatic carbocycles. The normalized spacial score (nSPS) is 13.0. The minimum absolute atomic E-state index is 0.102. The van der Waals surface area contributed by atoms with E-state index in [1.165, 1.54) is 70.6 Å². The van der Waals surface area contributed by atoms with Crippen molar-refractivity contribution in [3.05, 3.63) is 122 Å². The van der Waals surface area contributed by atoms with Crippen molar-refractivity contribution < 1.29 is 28.6 Å². The minimum Gasteiger partial charge on any atom is -0.462 e. The second-order valence-corrected chi connectivity index (χ2v) is 17.7. The predicted octanol–water partition coefficient (Wildman–Crippen LogP) is 18.5. The van der Waals surface area contributed by atoms with Crippen LogP contribution in [0.3, 0.4) is 0 Å². The lowest BCUT2D eigenvalue weighted by Gasteiger charge is -2.18. The number of esters is 3. The largest absolute Gasteiger partial charge is 0.462 e. The molecule has 0 fully saturated rings. The maximum Gasteiger partial charge on any atom is 0.306 e. The molecule has 68 heavy (non-hydrogen) atoms. The molecule has 0 amide bonds. The Kier molecular flexibility index (Phi) is 52.0. The van der Waals surface area contributed by atoms with Gasteiger partial charge in [-0.25, -0.2) is 0 Å². The molecule has 0 heterocycles. The van der Waals surface area contributed by atoms with E-state index in [1.54, 1.807) is 0 Å². The van der Waals surface area contributed by atoms with Gasteiger partial charge in [0.15, 0.2) is 6.10 Å². The average molecular weight is 941 g/mol. The summed E-state index contributed by atoms with van der Waals surface area (Å²) in [5, 5.41) is 0. The Balaban J connectivity index is 4.45. The van der Waals surface area contributed by atoms with Crippen LogP contribution in [0.25, 0.3) is 0 Å². The highest BCUT2D eigenvalue weighted by Gasteiger charge is 2.19. The SMILES string of the molecule is CC/C=C\C/C=C\C/C=C\C/C=C\C/C=C\C/C=C\C/C=C\CCCC(=O)OCC(COC(=O)CCCCCCCCCCCC)OC(=O)CCCCCCCCC/C=C\C/C=C\C/C=C\CC. The molecule has 384 valence electrons. The summed E-state index contributed by atoms with van der Waals surface area (Å²) in [5.41, 5.74) is 0. The summed E-state index contributed by atoms with van der Waals surface area (Å²) in [6.45, 7) is 6.34. The smallest absolute Gasteiger partial charge is 0.306 e. The highest BCUT2D eigenvalue weighted by Crippen LogP contribution is 2.14. The van der Waals surface area contributed by atoms with Crippen LogP contribution in [0.5, 0.6) is 0 Å². The van der Waals surface area contributed by atoms with E-state index in [1.807, 2.05) is 0 Å². The summed E-state index contributed by atoms with van der Waals surface area (Å²) < 4.78 is 16.8. The second kappa shape index (κ2) is 55.4. The van der Waals surface area contributed by atoms with E-state index >= 15 is 0 Å². The molecule has 0 rings (SSSR count). The van der Waals surface area contributed by atoms with Gasteiger partial charge in [0.25, 0.3) is 0 Å². The zero-order valence-corrected chi connectivity index (χ0v) is 43.8. The Morgan fingerprint density at radius 2 is 0.588 bits per heavy atom. The molecule has 6 heteroatoms. The maximum absolute atomic E-state index is 12.8. The first-order valence-electron chi connectivity index (χ1n) is 27.5. The molecular weight excluding hydrogens is 841 g/mol.